The van der Waals surface area contributed by atoms with Crippen molar-refractivity contribution in [1.82, 2.24) is 5.32 Å². The van der Waals surface area contributed by atoms with E-state index in [4.69, 9.17) is 17.0 Å². The van der Waals surface area contributed by atoms with Crippen LogP contribution in [0.4, 0.5) is 5.69 Å². The largest absolute Gasteiger partial charge is 0.489 e. The highest BCUT2D eigenvalue weighted by Crippen LogP contribution is 2.26. The molecule has 1 saturated heterocycles. The van der Waals surface area contributed by atoms with Crippen molar-refractivity contribution in [2.24, 2.45) is 0 Å². The van der Waals surface area contributed by atoms with E-state index in [-0.39, 0.29) is 10.7 Å². The molecule has 1 aliphatic heterocycles. The third kappa shape index (κ3) is 5.29. The summed E-state index contributed by atoms with van der Waals surface area (Å²) in [6.07, 6.45) is 1.56. The van der Waals surface area contributed by atoms with Crippen molar-refractivity contribution in [3.8, 4) is 5.75 Å². The van der Waals surface area contributed by atoms with Gasteiger partial charge in [-0.1, -0.05) is 56.1 Å². The summed E-state index contributed by atoms with van der Waals surface area (Å²) in [7, 11) is 0. The Bertz CT molecular complexity index is 1340. The number of benzene rings is 3. The number of thiocarbonyl (C=S) groups is 1. The Kier molecular flexibility index (Phi) is 7.30. The summed E-state index contributed by atoms with van der Waals surface area (Å²) < 4.78 is 7.81. The molecule has 5 nitrogen and oxygen atoms in total. The molecule has 0 radical (unpaired) electrons. The maximum atomic E-state index is 13.2. The summed E-state index contributed by atoms with van der Waals surface area (Å²) in [5.74, 6) is -0.303. The molecule has 3 aromatic rings. The number of rotatable bonds is 5. The highest BCUT2D eigenvalue weighted by Gasteiger charge is 2.34. The van der Waals surface area contributed by atoms with Gasteiger partial charge in [0, 0.05) is 14.5 Å². The highest BCUT2D eigenvalue weighted by atomic mass is 79.9. The van der Waals surface area contributed by atoms with Gasteiger partial charge < -0.3 is 4.74 Å². The second-order valence-electron chi connectivity index (χ2n) is 7.82. The SMILES string of the molecule is Cc1ccc(N2C(=O)/C(=C/c3ccc(OCc4ccc(Br)cc4Br)cc3)C(=O)NC2=S)cc1C. The van der Waals surface area contributed by atoms with E-state index in [9.17, 15) is 9.59 Å². The Labute approximate surface area is 220 Å². The quantitative estimate of drug-likeness (QED) is 0.214. The Balaban J connectivity index is 1.52. The van der Waals surface area contributed by atoms with Crippen molar-refractivity contribution in [3.63, 3.8) is 0 Å². The van der Waals surface area contributed by atoms with Gasteiger partial charge in [-0.05, 0) is 85.2 Å². The molecule has 3 aromatic carbocycles. The Morgan fingerprint density at radius 2 is 1.71 bits per heavy atom. The van der Waals surface area contributed by atoms with E-state index in [2.05, 4.69) is 37.2 Å². The second-order valence-corrected chi connectivity index (χ2v) is 9.98. The van der Waals surface area contributed by atoms with Crippen molar-refractivity contribution in [1.29, 1.82) is 0 Å². The van der Waals surface area contributed by atoms with Crippen molar-refractivity contribution in [3.05, 3.63) is 97.4 Å². The first kappa shape index (κ1) is 24.3. The van der Waals surface area contributed by atoms with Crippen LogP contribution in [-0.2, 0) is 16.2 Å². The predicted molar refractivity (Wildman–Crippen MR) is 145 cm³/mol. The van der Waals surface area contributed by atoms with Crippen LogP contribution < -0.4 is 15.0 Å². The first-order valence-corrected chi connectivity index (χ1v) is 12.4. The third-order valence-electron chi connectivity index (χ3n) is 5.45. The fourth-order valence-corrected chi connectivity index (χ4v) is 4.83. The van der Waals surface area contributed by atoms with Gasteiger partial charge in [0.15, 0.2) is 5.11 Å². The zero-order chi connectivity index (χ0) is 24.4. The number of amides is 2. The van der Waals surface area contributed by atoms with Crippen LogP contribution in [0.1, 0.15) is 22.3 Å². The summed E-state index contributed by atoms with van der Waals surface area (Å²) in [5, 5.41) is 2.69. The van der Waals surface area contributed by atoms with E-state index < -0.39 is 11.8 Å². The lowest BCUT2D eigenvalue weighted by molar-refractivity contribution is -0.122. The molecule has 34 heavy (non-hydrogen) atoms. The molecule has 8 heteroatoms. The monoisotopic (exact) mass is 598 g/mol. The Hall–Kier alpha value is -2.81. The smallest absolute Gasteiger partial charge is 0.270 e. The zero-order valence-corrected chi connectivity index (χ0v) is 22.4. The molecule has 0 aliphatic carbocycles. The maximum absolute atomic E-state index is 13.2. The van der Waals surface area contributed by atoms with Crippen LogP contribution in [0.15, 0.2) is 75.2 Å². The maximum Gasteiger partial charge on any atom is 0.270 e. The third-order valence-corrected chi connectivity index (χ3v) is 6.97. The summed E-state index contributed by atoms with van der Waals surface area (Å²) in [5.41, 5.74) is 4.48. The standard InChI is InChI=1S/C26H20Br2N2O3S/c1-15-3-8-20(11-16(15)2)30-25(32)22(24(31)29-26(30)34)12-17-4-9-21(10-5-17)33-14-18-6-7-19(27)13-23(18)28/h3-13H,14H2,1-2H3,(H,29,31,34)/b22-12+. The minimum atomic E-state index is -0.518. The van der Waals surface area contributed by atoms with Gasteiger partial charge in [-0.25, -0.2) is 0 Å². The van der Waals surface area contributed by atoms with Crippen LogP contribution in [-0.4, -0.2) is 16.9 Å². The number of carbonyl (C=O) groups is 2. The summed E-state index contributed by atoms with van der Waals surface area (Å²) in [4.78, 5) is 27.1. The first-order chi connectivity index (χ1) is 16.2. The number of halogens is 2. The predicted octanol–water partition coefficient (Wildman–Crippen LogP) is 6.24. The van der Waals surface area contributed by atoms with Crippen molar-refractivity contribution in [2.45, 2.75) is 20.5 Å². The second kappa shape index (κ2) is 10.2. The van der Waals surface area contributed by atoms with Crippen LogP contribution in [0, 0.1) is 13.8 Å². The van der Waals surface area contributed by atoms with Gasteiger partial charge in [-0.15, -0.1) is 0 Å². The minimum Gasteiger partial charge on any atom is -0.489 e. The summed E-state index contributed by atoms with van der Waals surface area (Å²) >= 11 is 12.3. The number of nitrogens with one attached hydrogen (secondary N) is 1. The molecule has 0 atom stereocenters. The molecule has 172 valence electrons. The normalized spacial score (nSPS) is 15.0. The van der Waals surface area contributed by atoms with E-state index in [1.54, 1.807) is 30.3 Å². The van der Waals surface area contributed by atoms with Gasteiger partial charge in [0.05, 0.1) is 5.69 Å². The fourth-order valence-electron chi connectivity index (χ4n) is 3.38. The van der Waals surface area contributed by atoms with Gasteiger partial charge in [0.1, 0.15) is 17.9 Å². The average molecular weight is 600 g/mol. The van der Waals surface area contributed by atoms with Crippen LogP contribution >= 0.6 is 44.1 Å². The molecule has 1 heterocycles. The van der Waals surface area contributed by atoms with E-state index >= 15 is 0 Å². The minimum absolute atomic E-state index is 0.0132. The number of anilines is 1. The molecule has 2 amide bonds. The van der Waals surface area contributed by atoms with Crippen LogP contribution in [0.2, 0.25) is 0 Å². The summed E-state index contributed by atoms with van der Waals surface area (Å²) in [6, 6.07) is 18.7. The van der Waals surface area contributed by atoms with Crippen molar-refractivity contribution < 1.29 is 14.3 Å². The molecule has 1 fully saturated rings. The highest BCUT2D eigenvalue weighted by molar-refractivity contribution is 9.11. The van der Waals surface area contributed by atoms with Gasteiger partial charge in [0.25, 0.3) is 11.8 Å². The first-order valence-electron chi connectivity index (χ1n) is 10.4. The van der Waals surface area contributed by atoms with Gasteiger partial charge in [-0.2, -0.15) is 0 Å². The lowest BCUT2D eigenvalue weighted by Crippen LogP contribution is -2.54. The zero-order valence-electron chi connectivity index (χ0n) is 18.4. The van der Waals surface area contributed by atoms with E-state index in [1.165, 1.54) is 4.90 Å². The molecular formula is C26H20Br2N2O3S. The Morgan fingerprint density at radius 3 is 2.38 bits per heavy atom. The molecule has 0 aromatic heterocycles. The molecule has 1 aliphatic rings. The molecule has 0 unspecified atom stereocenters. The van der Waals surface area contributed by atoms with Crippen molar-refractivity contribution in [2.75, 3.05) is 4.90 Å². The number of nitrogens with zero attached hydrogens (tertiary/aromatic N) is 1. The fraction of sp³-hybridized carbons (Fsp3) is 0.115. The number of ether oxygens (including phenoxy) is 1. The van der Waals surface area contributed by atoms with Crippen LogP contribution in [0.3, 0.4) is 0 Å². The topological polar surface area (TPSA) is 58.6 Å². The molecule has 0 saturated carbocycles. The summed E-state index contributed by atoms with van der Waals surface area (Å²) in [6.45, 7) is 4.36. The van der Waals surface area contributed by atoms with Gasteiger partial charge in [0.2, 0.25) is 0 Å². The average Bonchev–Trinajstić information content (AvgIpc) is 2.79. The number of hydrogen-bond acceptors (Lipinski definition) is 4. The number of aryl methyl sites for hydroxylation is 2. The Morgan fingerprint density at radius 1 is 0.971 bits per heavy atom. The van der Waals surface area contributed by atoms with Crippen LogP contribution in [0.5, 0.6) is 5.75 Å². The van der Waals surface area contributed by atoms with Gasteiger partial charge >= 0.3 is 0 Å². The number of hydrogen-bond donors (Lipinski definition) is 1. The molecule has 0 bridgehead atoms. The van der Waals surface area contributed by atoms with E-state index in [1.807, 2.05) is 50.2 Å². The molecule has 4 rings (SSSR count). The van der Waals surface area contributed by atoms with Gasteiger partial charge in [-0.3, -0.25) is 19.8 Å². The lowest BCUT2D eigenvalue weighted by atomic mass is 10.1. The van der Waals surface area contributed by atoms with Crippen LogP contribution in [0.25, 0.3) is 6.08 Å². The number of carbonyl (C=O) groups excluding carboxylic acids is 2. The van der Waals surface area contributed by atoms with E-state index in [0.717, 1.165) is 25.6 Å². The molecule has 1 N–H and O–H groups in total. The van der Waals surface area contributed by atoms with Crippen molar-refractivity contribution >= 4 is 72.8 Å². The molecule has 0 spiro atoms. The van der Waals surface area contributed by atoms with E-state index in [0.29, 0.717) is 23.6 Å². The molecular weight excluding hydrogens is 580 g/mol. The lowest BCUT2D eigenvalue weighted by Gasteiger charge is -2.29.